The molecule has 1 amide bonds. The Hall–Kier alpha value is -2.97. The van der Waals surface area contributed by atoms with Crippen molar-refractivity contribution in [2.75, 3.05) is 39.8 Å². The highest BCUT2D eigenvalue weighted by Gasteiger charge is 2.18. The van der Waals surface area contributed by atoms with E-state index in [-0.39, 0.29) is 5.91 Å². The summed E-state index contributed by atoms with van der Waals surface area (Å²) in [6.45, 7) is 8.23. The second-order valence-electron chi connectivity index (χ2n) is 8.36. The van der Waals surface area contributed by atoms with Gasteiger partial charge in [0.1, 0.15) is 6.33 Å². The lowest BCUT2D eigenvalue weighted by molar-refractivity contribution is -0.119. The highest BCUT2D eigenvalue weighted by Crippen LogP contribution is 2.22. The molecule has 0 spiro atoms. The number of piperazine rings is 1. The first-order valence-electron chi connectivity index (χ1n) is 11.2. The van der Waals surface area contributed by atoms with Crippen LogP contribution in [0, 0.1) is 0 Å². The normalized spacial score (nSPS) is 15.2. The topological polar surface area (TPSA) is 86.4 Å². The Balaban J connectivity index is 1.24. The van der Waals surface area contributed by atoms with Gasteiger partial charge in [-0.25, -0.2) is 9.97 Å². The van der Waals surface area contributed by atoms with Gasteiger partial charge in [-0.2, -0.15) is 0 Å². The number of carbonyl (C=O) groups excluding carboxylic acids is 1. The number of H-pyrrole nitrogens is 1. The summed E-state index contributed by atoms with van der Waals surface area (Å²) in [5, 5.41) is 4.14. The predicted octanol–water partition coefficient (Wildman–Crippen LogP) is 2.35. The molecule has 0 atom stereocenters. The summed E-state index contributed by atoms with van der Waals surface area (Å²) in [6.07, 6.45) is 7.61. The lowest BCUT2D eigenvalue weighted by Crippen LogP contribution is -2.46. The van der Waals surface area contributed by atoms with Crippen LogP contribution in [0.15, 0.2) is 36.9 Å². The minimum Gasteiger partial charge on any atom is -0.493 e. The van der Waals surface area contributed by atoms with E-state index in [1.54, 1.807) is 26.6 Å². The van der Waals surface area contributed by atoms with Crippen LogP contribution in [0.2, 0.25) is 0 Å². The maximum absolute atomic E-state index is 11.2. The summed E-state index contributed by atoms with van der Waals surface area (Å²) in [4.78, 5) is 28.0. The summed E-state index contributed by atoms with van der Waals surface area (Å²) in [5.74, 6) is 0.754. The van der Waals surface area contributed by atoms with Gasteiger partial charge in [0.05, 0.1) is 19.0 Å². The number of aromatic nitrogens is 3. The van der Waals surface area contributed by atoms with Gasteiger partial charge in [0.15, 0.2) is 5.75 Å². The van der Waals surface area contributed by atoms with Crippen LogP contribution in [-0.2, 0) is 24.3 Å². The Labute approximate surface area is 189 Å². The van der Waals surface area contributed by atoms with Crippen molar-refractivity contribution < 1.29 is 9.53 Å². The lowest BCUT2D eigenvalue weighted by atomic mass is 10.1. The van der Waals surface area contributed by atoms with Crippen LogP contribution in [-0.4, -0.2) is 70.5 Å². The summed E-state index contributed by atoms with van der Waals surface area (Å²) >= 11 is 0. The molecule has 3 heterocycles. The van der Waals surface area contributed by atoms with Crippen LogP contribution in [0.1, 0.15) is 30.2 Å². The highest BCUT2D eigenvalue weighted by atomic mass is 16.5. The van der Waals surface area contributed by atoms with E-state index < -0.39 is 0 Å². The number of benzene rings is 1. The molecule has 2 N–H and O–H groups in total. The molecule has 0 radical (unpaired) electrons. The number of ether oxygens (including phenoxy) is 1. The van der Waals surface area contributed by atoms with Crippen molar-refractivity contribution in [3.8, 4) is 5.75 Å². The van der Waals surface area contributed by atoms with Crippen molar-refractivity contribution in [2.45, 2.75) is 32.9 Å². The van der Waals surface area contributed by atoms with E-state index in [0.29, 0.717) is 6.54 Å². The second-order valence-corrected chi connectivity index (χ2v) is 8.36. The van der Waals surface area contributed by atoms with Gasteiger partial charge in [-0.1, -0.05) is 6.07 Å². The van der Waals surface area contributed by atoms with Crippen molar-refractivity contribution in [3.05, 3.63) is 53.7 Å². The average Bonchev–Trinajstić information content (AvgIpc) is 3.21. The molecule has 170 valence electrons. The molecule has 0 unspecified atom stereocenters. The van der Waals surface area contributed by atoms with Crippen molar-refractivity contribution in [2.24, 2.45) is 0 Å². The Kier molecular flexibility index (Phi) is 7.34. The average molecular weight is 437 g/mol. The first kappa shape index (κ1) is 22.2. The monoisotopic (exact) mass is 436 g/mol. The Morgan fingerprint density at radius 1 is 1.22 bits per heavy atom. The Morgan fingerprint density at radius 2 is 2.03 bits per heavy atom. The molecule has 1 saturated heterocycles. The Bertz CT molecular complexity index is 1040. The molecule has 1 aromatic carbocycles. The Morgan fingerprint density at radius 3 is 2.81 bits per heavy atom. The van der Waals surface area contributed by atoms with Gasteiger partial charge in [-0.05, 0) is 42.6 Å². The molecule has 0 bridgehead atoms. The summed E-state index contributed by atoms with van der Waals surface area (Å²) in [5.41, 5.74) is 4.58. The number of methoxy groups -OCH3 is 1. The smallest absolute Gasteiger partial charge is 0.217 e. The molecule has 1 aliphatic heterocycles. The van der Waals surface area contributed by atoms with E-state index in [4.69, 9.17) is 4.74 Å². The van der Waals surface area contributed by atoms with Crippen LogP contribution >= 0.6 is 0 Å². The molecule has 2 aromatic heterocycles. The zero-order valence-electron chi connectivity index (χ0n) is 18.9. The van der Waals surface area contributed by atoms with Gasteiger partial charge < -0.3 is 19.9 Å². The quantitative estimate of drug-likeness (QED) is 0.536. The van der Waals surface area contributed by atoms with Gasteiger partial charge in [0.2, 0.25) is 5.91 Å². The van der Waals surface area contributed by atoms with Crippen LogP contribution in [0.4, 0.5) is 0 Å². The molecule has 8 heteroatoms. The van der Waals surface area contributed by atoms with Crippen molar-refractivity contribution in [1.82, 2.24) is 30.1 Å². The third-order valence-electron chi connectivity index (χ3n) is 6.11. The second kappa shape index (κ2) is 10.6. The molecular formula is C24H32N6O2. The van der Waals surface area contributed by atoms with Gasteiger partial charge in [-0.15, -0.1) is 0 Å². The van der Waals surface area contributed by atoms with Crippen molar-refractivity contribution in [1.29, 1.82) is 0 Å². The fourth-order valence-corrected chi connectivity index (χ4v) is 4.28. The van der Waals surface area contributed by atoms with Crippen LogP contribution in [0.3, 0.4) is 0 Å². The van der Waals surface area contributed by atoms with Gasteiger partial charge >= 0.3 is 0 Å². The van der Waals surface area contributed by atoms with E-state index in [1.807, 2.05) is 0 Å². The van der Waals surface area contributed by atoms with E-state index >= 15 is 0 Å². The predicted molar refractivity (Wildman–Crippen MR) is 124 cm³/mol. The standard InChI is InChI=1S/C24H32N6O2/c1-18(31)26-13-19-5-6-22-21(12-19)20(14-27-22)4-3-7-29-8-10-30(11-9-29)16-23-24(32-2)15-25-17-28-23/h5-6,12,14-15,17,27H,3-4,7-11,13,16H2,1-2H3,(H,26,31). The molecule has 8 nitrogen and oxygen atoms in total. The maximum Gasteiger partial charge on any atom is 0.217 e. The molecule has 1 aliphatic rings. The molecule has 4 rings (SSSR count). The number of hydrogen-bond donors (Lipinski definition) is 2. The highest BCUT2D eigenvalue weighted by molar-refractivity contribution is 5.84. The van der Waals surface area contributed by atoms with E-state index in [0.717, 1.165) is 74.6 Å². The SMILES string of the molecule is COc1cncnc1CN1CCN(CCCc2c[nH]c3ccc(CNC(C)=O)cc23)CC1. The van der Waals surface area contributed by atoms with E-state index in [2.05, 4.69) is 54.5 Å². The van der Waals surface area contributed by atoms with Crippen molar-refractivity contribution in [3.63, 3.8) is 0 Å². The van der Waals surface area contributed by atoms with E-state index in [9.17, 15) is 4.79 Å². The van der Waals surface area contributed by atoms with Crippen LogP contribution in [0.5, 0.6) is 5.75 Å². The number of aryl methyl sites for hydroxylation is 1. The molecule has 3 aromatic rings. The number of rotatable bonds is 9. The molecular weight excluding hydrogens is 404 g/mol. The number of fused-ring (bicyclic) bond motifs is 1. The fourth-order valence-electron chi connectivity index (χ4n) is 4.28. The van der Waals surface area contributed by atoms with Crippen LogP contribution in [0.25, 0.3) is 10.9 Å². The molecule has 0 aliphatic carbocycles. The first-order valence-corrected chi connectivity index (χ1v) is 11.2. The minimum atomic E-state index is -0.00402. The van der Waals surface area contributed by atoms with Gasteiger partial charge in [-0.3, -0.25) is 9.69 Å². The van der Waals surface area contributed by atoms with E-state index in [1.165, 1.54) is 10.9 Å². The van der Waals surface area contributed by atoms with Crippen molar-refractivity contribution >= 4 is 16.8 Å². The maximum atomic E-state index is 11.2. The number of nitrogens with one attached hydrogen (secondary N) is 2. The number of hydrogen-bond acceptors (Lipinski definition) is 6. The minimum absolute atomic E-state index is 0.00402. The third-order valence-corrected chi connectivity index (χ3v) is 6.11. The number of nitrogens with zero attached hydrogens (tertiary/aromatic N) is 4. The number of aromatic amines is 1. The van der Waals surface area contributed by atoms with Gasteiger partial charge in [0, 0.05) is 63.3 Å². The van der Waals surface area contributed by atoms with Gasteiger partial charge in [0.25, 0.3) is 0 Å². The fraction of sp³-hybridized carbons (Fsp3) is 0.458. The third kappa shape index (κ3) is 5.63. The van der Waals surface area contributed by atoms with Crippen LogP contribution < -0.4 is 10.1 Å². The molecule has 32 heavy (non-hydrogen) atoms. The molecule has 0 saturated carbocycles. The summed E-state index contributed by atoms with van der Waals surface area (Å²) < 4.78 is 5.38. The number of amides is 1. The summed E-state index contributed by atoms with van der Waals surface area (Å²) in [7, 11) is 1.66. The zero-order valence-corrected chi connectivity index (χ0v) is 18.9. The zero-order chi connectivity index (χ0) is 22.3. The largest absolute Gasteiger partial charge is 0.493 e. The summed E-state index contributed by atoms with van der Waals surface area (Å²) in [6, 6.07) is 6.36. The number of carbonyl (C=O) groups is 1. The lowest BCUT2D eigenvalue weighted by Gasteiger charge is -2.34. The first-order chi connectivity index (χ1) is 15.6. The molecule has 1 fully saturated rings.